The van der Waals surface area contributed by atoms with Crippen LogP contribution in [0.5, 0.6) is 5.75 Å². The van der Waals surface area contributed by atoms with Crippen molar-refractivity contribution in [2.75, 3.05) is 14.1 Å². The van der Waals surface area contributed by atoms with E-state index in [4.69, 9.17) is 16.3 Å². The first kappa shape index (κ1) is 23.3. The fourth-order valence-corrected chi connectivity index (χ4v) is 6.02. The number of carbonyl (C=O) groups is 1. The zero-order valence-corrected chi connectivity index (χ0v) is 20.2. The van der Waals surface area contributed by atoms with Gasteiger partial charge in [0.2, 0.25) is 5.91 Å². The van der Waals surface area contributed by atoms with Crippen molar-refractivity contribution in [2.24, 2.45) is 5.92 Å². The topological polar surface area (TPSA) is 107 Å². The van der Waals surface area contributed by atoms with E-state index in [9.17, 15) is 20.3 Å². The van der Waals surface area contributed by atoms with E-state index in [0.717, 1.165) is 0 Å². The molecule has 5 rings (SSSR count). The maximum atomic E-state index is 13.7. The number of halogens is 1. The number of hydrogen-bond donors (Lipinski definition) is 2. The van der Waals surface area contributed by atoms with Crippen LogP contribution < -0.4 is 4.74 Å². The van der Waals surface area contributed by atoms with Gasteiger partial charge in [-0.3, -0.25) is 9.78 Å². The smallest absolute Gasteiger partial charge is 0.228 e. The second-order valence-corrected chi connectivity index (χ2v) is 9.92. The largest absolute Gasteiger partial charge is 0.476 e. The van der Waals surface area contributed by atoms with E-state index in [2.05, 4.69) is 11.1 Å². The number of ether oxygens (including phenoxy) is 1. The molecule has 5 atom stereocenters. The molecule has 0 spiro atoms. The third-order valence-corrected chi connectivity index (χ3v) is 7.59. The van der Waals surface area contributed by atoms with Crippen molar-refractivity contribution in [2.45, 2.75) is 29.6 Å². The predicted octanol–water partition coefficient (Wildman–Crippen LogP) is 3.33. The van der Waals surface area contributed by atoms with E-state index < -0.39 is 28.6 Å². The number of aliphatic hydroxyl groups is 2. The molecule has 0 saturated heterocycles. The lowest BCUT2D eigenvalue weighted by molar-refractivity contribution is -0.199. The van der Waals surface area contributed by atoms with E-state index in [-0.39, 0.29) is 17.4 Å². The van der Waals surface area contributed by atoms with Gasteiger partial charge in [0.15, 0.2) is 11.2 Å². The Balaban J connectivity index is 1.91. The zero-order chi connectivity index (χ0) is 25.2. The summed E-state index contributed by atoms with van der Waals surface area (Å²) in [5.41, 5.74) is -4.07. The Kier molecular flexibility index (Phi) is 5.19. The van der Waals surface area contributed by atoms with Crippen molar-refractivity contribution in [1.29, 1.82) is 5.26 Å². The SMILES string of the molecule is CN(C)C(=O)[C@@H]1[C@@H](c2ccccc2)[C@]2(c3ccc(C#N)cc3)Oc3cc(Cl)cnc3[C@]2(O)[C@]1(C)O. The van der Waals surface area contributed by atoms with E-state index in [1.165, 1.54) is 18.0 Å². The van der Waals surface area contributed by atoms with Crippen molar-refractivity contribution in [3.63, 3.8) is 0 Å². The number of rotatable bonds is 3. The van der Waals surface area contributed by atoms with Gasteiger partial charge in [-0.25, -0.2) is 0 Å². The van der Waals surface area contributed by atoms with Gasteiger partial charge in [-0.05, 0) is 30.2 Å². The highest BCUT2D eigenvalue weighted by Crippen LogP contribution is 2.71. The van der Waals surface area contributed by atoms with Gasteiger partial charge in [0.05, 0.1) is 22.6 Å². The molecule has 3 aromatic rings. The molecule has 2 aliphatic rings. The second kappa shape index (κ2) is 7.79. The minimum absolute atomic E-state index is 0.103. The number of benzene rings is 2. The summed E-state index contributed by atoms with van der Waals surface area (Å²) in [4.78, 5) is 19.5. The summed E-state index contributed by atoms with van der Waals surface area (Å²) < 4.78 is 6.61. The number of nitrogens with zero attached hydrogens (tertiary/aromatic N) is 3. The number of pyridine rings is 1. The molecule has 178 valence electrons. The van der Waals surface area contributed by atoms with Crippen molar-refractivity contribution >= 4 is 17.5 Å². The Morgan fingerprint density at radius 3 is 2.40 bits per heavy atom. The van der Waals surface area contributed by atoms with Gasteiger partial charge >= 0.3 is 0 Å². The van der Waals surface area contributed by atoms with Crippen LogP contribution in [0.3, 0.4) is 0 Å². The lowest BCUT2D eigenvalue weighted by atomic mass is 9.70. The van der Waals surface area contributed by atoms with Gasteiger partial charge in [-0.2, -0.15) is 5.26 Å². The number of fused-ring (bicyclic) bond motifs is 3. The third kappa shape index (κ3) is 2.91. The molecule has 1 aliphatic heterocycles. The highest BCUT2D eigenvalue weighted by atomic mass is 35.5. The highest BCUT2D eigenvalue weighted by molar-refractivity contribution is 6.30. The molecule has 2 aromatic carbocycles. The fraction of sp³-hybridized carbons (Fsp3) is 0.296. The number of amides is 1. The van der Waals surface area contributed by atoms with Gasteiger partial charge in [0.25, 0.3) is 0 Å². The highest BCUT2D eigenvalue weighted by Gasteiger charge is 2.82. The van der Waals surface area contributed by atoms with Crippen molar-refractivity contribution in [1.82, 2.24) is 9.88 Å². The molecule has 0 unspecified atom stereocenters. The van der Waals surface area contributed by atoms with Crippen molar-refractivity contribution < 1.29 is 19.7 Å². The molecule has 0 bridgehead atoms. The maximum absolute atomic E-state index is 13.7. The lowest BCUT2D eigenvalue weighted by Gasteiger charge is -2.42. The summed E-state index contributed by atoms with van der Waals surface area (Å²) in [6.07, 6.45) is 1.38. The minimum atomic E-state index is -2.13. The standard InChI is InChI=1S/C27H24ClN3O4/c1-25(33)22(24(32)31(2)3)21(17-7-5-4-6-8-17)26(18-11-9-16(14-29)10-12-18)27(25,34)23-20(35-26)13-19(28)15-30-23/h4-13,15,21-22,33-34H,1-3H3/t21-,22+,25-,26+,27+/m1/s1. The van der Waals surface area contributed by atoms with Crippen LogP contribution in [-0.2, 0) is 16.0 Å². The Labute approximate surface area is 208 Å². The van der Waals surface area contributed by atoms with E-state index in [1.807, 2.05) is 30.3 Å². The molecule has 1 fully saturated rings. The summed E-state index contributed by atoms with van der Waals surface area (Å²) in [6, 6.07) is 19.5. The van der Waals surface area contributed by atoms with Gasteiger partial charge in [-0.1, -0.05) is 54.1 Å². The molecule has 1 amide bonds. The van der Waals surface area contributed by atoms with Crippen LogP contribution in [0.4, 0.5) is 0 Å². The summed E-state index contributed by atoms with van der Waals surface area (Å²) in [6.45, 7) is 1.45. The van der Waals surface area contributed by atoms with Crippen LogP contribution in [0.2, 0.25) is 5.02 Å². The van der Waals surface area contributed by atoms with Crippen molar-refractivity contribution in [3.8, 4) is 11.8 Å². The Hall–Kier alpha value is -3.44. The Bertz CT molecular complexity index is 1350. The molecule has 7 nitrogen and oxygen atoms in total. The average Bonchev–Trinajstić information content (AvgIpc) is 3.19. The molecular formula is C27H24ClN3O4. The summed E-state index contributed by atoms with van der Waals surface area (Å²) in [5.74, 6) is -2.05. The molecule has 1 aliphatic carbocycles. The molecule has 0 radical (unpaired) electrons. The normalized spacial score (nSPS) is 30.7. The van der Waals surface area contributed by atoms with Gasteiger partial charge in [-0.15, -0.1) is 0 Å². The van der Waals surface area contributed by atoms with Crippen LogP contribution >= 0.6 is 11.6 Å². The van der Waals surface area contributed by atoms with E-state index >= 15 is 0 Å². The molecule has 2 N–H and O–H groups in total. The predicted molar refractivity (Wildman–Crippen MR) is 129 cm³/mol. The van der Waals surface area contributed by atoms with Gasteiger partial charge in [0.1, 0.15) is 17.0 Å². The van der Waals surface area contributed by atoms with Crippen LogP contribution in [0, 0.1) is 17.2 Å². The molecular weight excluding hydrogens is 466 g/mol. The maximum Gasteiger partial charge on any atom is 0.228 e. The van der Waals surface area contributed by atoms with Crippen LogP contribution in [-0.4, -0.2) is 45.7 Å². The summed E-state index contributed by atoms with van der Waals surface area (Å²) >= 11 is 6.22. The van der Waals surface area contributed by atoms with Crippen LogP contribution in [0.25, 0.3) is 0 Å². The number of hydrogen-bond acceptors (Lipinski definition) is 6. The first-order valence-corrected chi connectivity index (χ1v) is 11.5. The average molecular weight is 490 g/mol. The van der Waals surface area contributed by atoms with Crippen LogP contribution in [0.1, 0.15) is 35.2 Å². The van der Waals surface area contributed by atoms with Crippen molar-refractivity contribution in [3.05, 3.63) is 94.3 Å². The molecule has 1 aromatic heterocycles. The number of carbonyl (C=O) groups excluding carboxylic acids is 1. The quantitative estimate of drug-likeness (QED) is 0.584. The monoisotopic (exact) mass is 489 g/mol. The van der Waals surface area contributed by atoms with Gasteiger partial charge in [0, 0.05) is 32.3 Å². The first-order chi connectivity index (χ1) is 16.6. The van der Waals surface area contributed by atoms with Gasteiger partial charge < -0.3 is 19.8 Å². The fourth-order valence-electron chi connectivity index (χ4n) is 5.87. The number of aromatic nitrogens is 1. The second-order valence-electron chi connectivity index (χ2n) is 9.48. The summed E-state index contributed by atoms with van der Waals surface area (Å²) in [5, 5.41) is 34.5. The van der Waals surface area contributed by atoms with E-state index in [1.54, 1.807) is 44.4 Å². The zero-order valence-electron chi connectivity index (χ0n) is 19.4. The third-order valence-electron chi connectivity index (χ3n) is 7.39. The Morgan fingerprint density at radius 1 is 1.14 bits per heavy atom. The number of nitriles is 1. The van der Waals surface area contributed by atoms with E-state index in [0.29, 0.717) is 21.7 Å². The minimum Gasteiger partial charge on any atom is -0.476 e. The molecule has 2 heterocycles. The van der Waals surface area contributed by atoms with Crippen LogP contribution in [0.15, 0.2) is 66.9 Å². The summed E-state index contributed by atoms with van der Waals surface area (Å²) in [7, 11) is 3.22. The molecule has 8 heteroatoms. The molecule has 35 heavy (non-hydrogen) atoms. The Morgan fingerprint density at radius 2 is 1.80 bits per heavy atom. The first-order valence-electron chi connectivity index (χ1n) is 11.2. The lowest BCUT2D eigenvalue weighted by Crippen LogP contribution is -2.58. The molecule has 1 saturated carbocycles.